The fourth-order valence-corrected chi connectivity index (χ4v) is 2.58. The van der Waals surface area contributed by atoms with Gasteiger partial charge >= 0.3 is 0 Å². The van der Waals surface area contributed by atoms with Gasteiger partial charge in [-0.2, -0.15) is 0 Å². The molecule has 0 saturated heterocycles. The van der Waals surface area contributed by atoms with Gasteiger partial charge in [-0.15, -0.1) is 5.10 Å². The van der Waals surface area contributed by atoms with Crippen LogP contribution in [0, 0.1) is 5.82 Å². The molecule has 4 rings (SSSR count). The van der Waals surface area contributed by atoms with Gasteiger partial charge in [-0.1, -0.05) is 12.1 Å². The van der Waals surface area contributed by atoms with E-state index in [2.05, 4.69) is 20.8 Å². The molecule has 1 heterocycles. The second kappa shape index (κ2) is 6.87. The minimum atomic E-state index is -0.306. The maximum atomic E-state index is 12.9. The third-order valence-electron chi connectivity index (χ3n) is 4.09. The van der Waals surface area contributed by atoms with E-state index in [9.17, 15) is 9.18 Å². The zero-order valence-electron chi connectivity index (χ0n) is 13.8. The summed E-state index contributed by atoms with van der Waals surface area (Å²) in [6.07, 6.45) is 5.25. The van der Waals surface area contributed by atoms with Crippen molar-refractivity contribution >= 4 is 17.7 Å². The monoisotopic (exact) mass is 349 g/mol. The lowest BCUT2D eigenvalue weighted by atomic mass is 10.2. The van der Waals surface area contributed by atoms with Crippen LogP contribution in [0.25, 0.3) is 17.5 Å². The Bertz CT molecular complexity index is 943. The number of hydrogen-bond acceptors (Lipinski definition) is 4. The highest BCUT2D eigenvalue weighted by Gasteiger charge is 2.28. The van der Waals surface area contributed by atoms with E-state index in [1.54, 1.807) is 18.2 Å². The Morgan fingerprint density at radius 2 is 1.85 bits per heavy atom. The molecule has 0 atom stereocenters. The summed E-state index contributed by atoms with van der Waals surface area (Å²) >= 11 is 0. The highest BCUT2D eigenvalue weighted by atomic mass is 19.1. The van der Waals surface area contributed by atoms with Crippen molar-refractivity contribution in [1.29, 1.82) is 0 Å². The molecule has 1 N–H and O–H groups in total. The van der Waals surface area contributed by atoms with Crippen LogP contribution in [0.15, 0.2) is 54.6 Å². The number of anilines is 1. The van der Waals surface area contributed by atoms with Gasteiger partial charge in [-0.3, -0.25) is 4.79 Å². The van der Waals surface area contributed by atoms with Gasteiger partial charge in [0, 0.05) is 17.3 Å². The number of hydrogen-bond donors (Lipinski definition) is 1. The molecule has 1 aromatic heterocycles. The standard InChI is InChI=1S/C19H16FN5O/c20-15-6-1-13(2-7-15)3-12-18(26)21-16-8-4-14(5-9-16)19-22-23-24-25(19)17-10-11-17/h1-9,12,17H,10-11H2,(H,21,26). The van der Waals surface area contributed by atoms with Gasteiger partial charge in [0.05, 0.1) is 6.04 Å². The predicted molar refractivity (Wildman–Crippen MR) is 95.6 cm³/mol. The Balaban J connectivity index is 1.41. The van der Waals surface area contributed by atoms with Crippen LogP contribution in [0.2, 0.25) is 0 Å². The van der Waals surface area contributed by atoms with E-state index in [-0.39, 0.29) is 11.7 Å². The lowest BCUT2D eigenvalue weighted by Gasteiger charge is -2.05. The first-order valence-electron chi connectivity index (χ1n) is 8.32. The second-order valence-corrected chi connectivity index (χ2v) is 6.13. The van der Waals surface area contributed by atoms with Gasteiger partial charge in [0.25, 0.3) is 0 Å². The lowest BCUT2D eigenvalue weighted by molar-refractivity contribution is -0.111. The number of nitrogens with zero attached hydrogens (tertiary/aromatic N) is 4. The van der Waals surface area contributed by atoms with Crippen LogP contribution in [0.1, 0.15) is 24.4 Å². The summed E-state index contributed by atoms with van der Waals surface area (Å²) < 4.78 is 14.7. The van der Waals surface area contributed by atoms with Crippen molar-refractivity contribution in [3.8, 4) is 11.4 Å². The molecule has 0 bridgehead atoms. The topological polar surface area (TPSA) is 72.7 Å². The van der Waals surface area contributed by atoms with Crippen molar-refractivity contribution in [2.75, 3.05) is 5.32 Å². The highest BCUT2D eigenvalue weighted by Crippen LogP contribution is 2.36. The van der Waals surface area contributed by atoms with Gasteiger partial charge < -0.3 is 5.32 Å². The average Bonchev–Trinajstić information content (AvgIpc) is 3.39. The molecule has 1 fully saturated rings. The van der Waals surface area contributed by atoms with Gasteiger partial charge in [-0.05, 0) is 71.3 Å². The Labute approximate surface area is 149 Å². The summed E-state index contributed by atoms with van der Waals surface area (Å²) in [6.45, 7) is 0. The number of rotatable bonds is 5. The largest absolute Gasteiger partial charge is 0.323 e. The molecule has 0 aliphatic heterocycles. The van der Waals surface area contributed by atoms with Crippen molar-refractivity contribution in [2.45, 2.75) is 18.9 Å². The van der Waals surface area contributed by atoms with E-state index in [1.807, 2.05) is 28.9 Å². The Morgan fingerprint density at radius 3 is 2.54 bits per heavy atom. The third kappa shape index (κ3) is 3.66. The fourth-order valence-electron chi connectivity index (χ4n) is 2.58. The summed E-state index contributed by atoms with van der Waals surface area (Å²) in [4.78, 5) is 12.0. The summed E-state index contributed by atoms with van der Waals surface area (Å²) in [5.74, 6) is 0.172. The molecule has 2 aromatic carbocycles. The van der Waals surface area contributed by atoms with Crippen molar-refractivity contribution < 1.29 is 9.18 Å². The predicted octanol–water partition coefficient (Wildman–Crippen LogP) is 3.47. The van der Waals surface area contributed by atoms with Gasteiger partial charge in [0.1, 0.15) is 5.82 Å². The van der Waals surface area contributed by atoms with Gasteiger partial charge in [0.15, 0.2) is 5.82 Å². The van der Waals surface area contributed by atoms with Gasteiger partial charge in [0.2, 0.25) is 5.91 Å². The highest BCUT2D eigenvalue weighted by molar-refractivity contribution is 6.02. The molecule has 3 aromatic rings. The summed E-state index contributed by atoms with van der Waals surface area (Å²) in [5, 5.41) is 14.7. The molecular weight excluding hydrogens is 333 g/mol. The van der Waals surface area contributed by atoms with Crippen molar-refractivity contribution in [3.05, 3.63) is 66.0 Å². The van der Waals surface area contributed by atoms with E-state index < -0.39 is 0 Å². The summed E-state index contributed by atoms with van der Waals surface area (Å²) in [6, 6.07) is 13.7. The van der Waals surface area contributed by atoms with Crippen LogP contribution in [0.5, 0.6) is 0 Å². The lowest BCUT2D eigenvalue weighted by Crippen LogP contribution is -2.07. The number of tetrazole rings is 1. The molecule has 0 unspecified atom stereocenters. The van der Waals surface area contributed by atoms with E-state index in [0.717, 1.165) is 29.8 Å². The Morgan fingerprint density at radius 1 is 1.12 bits per heavy atom. The number of carbonyl (C=O) groups excluding carboxylic acids is 1. The van der Waals surface area contributed by atoms with Crippen LogP contribution in [-0.2, 0) is 4.79 Å². The van der Waals surface area contributed by atoms with E-state index in [1.165, 1.54) is 18.2 Å². The second-order valence-electron chi connectivity index (χ2n) is 6.13. The zero-order chi connectivity index (χ0) is 17.9. The maximum Gasteiger partial charge on any atom is 0.248 e. The smallest absolute Gasteiger partial charge is 0.248 e. The molecule has 26 heavy (non-hydrogen) atoms. The number of nitrogens with one attached hydrogen (secondary N) is 1. The van der Waals surface area contributed by atoms with Crippen LogP contribution in [0.4, 0.5) is 10.1 Å². The fraction of sp³-hybridized carbons (Fsp3) is 0.158. The Hall–Kier alpha value is -3.35. The minimum absolute atomic E-state index is 0.259. The molecule has 1 amide bonds. The SMILES string of the molecule is O=C(C=Cc1ccc(F)cc1)Nc1ccc(-c2nnnn2C2CC2)cc1. The third-order valence-corrected chi connectivity index (χ3v) is 4.09. The zero-order valence-corrected chi connectivity index (χ0v) is 13.8. The van der Waals surface area contributed by atoms with Crippen LogP contribution < -0.4 is 5.32 Å². The number of amides is 1. The maximum absolute atomic E-state index is 12.9. The molecule has 7 heteroatoms. The first-order valence-corrected chi connectivity index (χ1v) is 8.32. The molecule has 6 nitrogen and oxygen atoms in total. The van der Waals surface area contributed by atoms with Crippen LogP contribution in [-0.4, -0.2) is 26.1 Å². The van der Waals surface area contributed by atoms with Crippen LogP contribution >= 0.6 is 0 Å². The van der Waals surface area contributed by atoms with Gasteiger partial charge in [-0.25, -0.2) is 9.07 Å². The van der Waals surface area contributed by atoms with Crippen molar-refractivity contribution in [2.24, 2.45) is 0 Å². The van der Waals surface area contributed by atoms with E-state index in [4.69, 9.17) is 0 Å². The van der Waals surface area contributed by atoms with Crippen LogP contribution in [0.3, 0.4) is 0 Å². The van der Waals surface area contributed by atoms with E-state index >= 15 is 0 Å². The van der Waals surface area contributed by atoms with E-state index in [0.29, 0.717) is 11.7 Å². The summed E-state index contributed by atoms with van der Waals surface area (Å²) in [7, 11) is 0. The molecule has 1 aliphatic carbocycles. The molecule has 1 saturated carbocycles. The normalized spacial score (nSPS) is 13.9. The molecule has 1 aliphatic rings. The molecule has 130 valence electrons. The van der Waals surface area contributed by atoms with Crippen molar-refractivity contribution in [1.82, 2.24) is 20.2 Å². The van der Waals surface area contributed by atoms with Crippen molar-refractivity contribution in [3.63, 3.8) is 0 Å². The Kier molecular flexibility index (Phi) is 4.27. The molecular formula is C19H16FN5O. The quantitative estimate of drug-likeness (QED) is 0.716. The first kappa shape index (κ1) is 16.1. The summed E-state index contributed by atoms with van der Waals surface area (Å²) in [5.41, 5.74) is 2.33. The number of aromatic nitrogens is 4. The number of carbonyl (C=O) groups is 1. The first-order chi connectivity index (χ1) is 12.7. The number of halogens is 1. The number of benzene rings is 2. The molecule has 0 spiro atoms. The minimum Gasteiger partial charge on any atom is -0.323 e. The molecule has 0 radical (unpaired) electrons. The average molecular weight is 349 g/mol.